The SMILES string of the molecule is CCN(CC)C(C)(CC)C(NN)c1cncnc1. The van der Waals surface area contributed by atoms with Crippen LogP contribution in [0.4, 0.5) is 0 Å². The first-order valence-corrected chi connectivity index (χ1v) is 6.60. The number of nitrogens with zero attached hydrogens (tertiary/aromatic N) is 3. The van der Waals surface area contributed by atoms with Crippen LogP contribution in [0, 0.1) is 0 Å². The second kappa shape index (κ2) is 6.78. The van der Waals surface area contributed by atoms with Crippen molar-refractivity contribution in [1.82, 2.24) is 20.3 Å². The van der Waals surface area contributed by atoms with Crippen molar-refractivity contribution in [3.63, 3.8) is 0 Å². The van der Waals surface area contributed by atoms with Crippen LogP contribution in [0.15, 0.2) is 18.7 Å². The molecule has 5 heteroatoms. The van der Waals surface area contributed by atoms with Gasteiger partial charge >= 0.3 is 0 Å². The van der Waals surface area contributed by atoms with E-state index in [9.17, 15) is 0 Å². The maximum atomic E-state index is 5.78. The Morgan fingerprint density at radius 1 is 1.28 bits per heavy atom. The number of hydrazine groups is 1. The maximum Gasteiger partial charge on any atom is 0.115 e. The van der Waals surface area contributed by atoms with Crippen LogP contribution < -0.4 is 11.3 Å². The summed E-state index contributed by atoms with van der Waals surface area (Å²) in [4.78, 5) is 10.6. The van der Waals surface area contributed by atoms with E-state index in [4.69, 9.17) is 5.84 Å². The number of nitrogens with one attached hydrogen (secondary N) is 1. The van der Waals surface area contributed by atoms with Gasteiger partial charge in [-0.1, -0.05) is 20.8 Å². The van der Waals surface area contributed by atoms with Crippen LogP contribution in [0.2, 0.25) is 0 Å². The molecule has 102 valence electrons. The lowest BCUT2D eigenvalue weighted by Gasteiger charge is -2.45. The lowest BCUT2D eigenvalue weighted by molar-refractivity contribution is 0.0696. The lowest BCUT2D eigenvalue weighted by atomic mass is 9.84. The molecule has 2 atom stereocenters. The number of nitrogens with two attached hydrogens (primary N) is 1. The summed E-state index contributed by atoms with van der Waals surface area (Å²) in [6.07, 6.45) is 6.19. The Labute approximate surface area is 110 Å². The van der Waals surface area contributed by atoms with E-state index in [-0.39, 0.29) is 11.6 Å². The fourth-order valence-corrected chi connectivity index (χ4v) is 2.65. The molecule has 1 heterocycles. The molecule has 18 heavy (non-hydrogen) atoms. The lowest BCUT2D eigenvalue weighted by Crippen LogP contribution is -2.55. The summed E-state index contributed by atoms with van der Waals surface area (Å²) in [6.45, 7) is 10.8. The molecule has 1 aromatic heterocycles. The van der Waals surface area contributed by atoms with Crippen LogP contribution in [-0.4, -0.2) is 33.5 Å². The normalized spacial score (nSPS) is 16.6. The molecule has 5 nitrogen and oxygen atoms in total. The molecule has 0 bridgehead atoms. The van der Waals surface area contributed by atoms with Gasteiger partial charge < -0.3 is 0 Å². The minimum atomic E-state index is -0.0526. The molecule has 0 fully saturated rings. The summed E-state index contributed by atoms with van der Waals surface area (Å²) in [5.74, 6) is 5.78. The van der Waals surface area contributed by atoms with Gasteiger partial charge in [-0.25, -0.2) is 9.97 Å². The fourth-order valence-electron chi connectivity index (χ4n) is 2.65. The average molecular weight is 251 g/mol. The Balaban J connectivity index is 3.11. The zero-order chi connectivity index (χ0) is 13.6. The van der Waals surface area contributed by atoms with E-state index >= 15 is 0 Å². The van der Waals surface area contributed by atoms with E-state index in [0.29, 0.717) is 0 Å². The van der Waals surface area contributed by atoms with Gasteiger partial charge in [0.05, 0.1) is 6.04 Å². The summed E-state index contributed by atoms with van der Waals surface area (Å²) in [5, 5.41) is 0. The van der Waals surface area contributed by atoms with Gasteiger partial charge in [-0.05, 0) is 26.4 Å². The van der Waals surface area contributed by atoms with Gasteiger partial charge in [0, 0.05) is 23.5 Å². The number of likely N-dealkylation sites (N-methyl/N-ethyl adjacent to an activating group) is 1. The van der Waals surface area contributed by atoms with Gasteiger partial charge in [0.2, 0.25) is 0 Å². The van der Waals surface area contributed by atoms with Gasteiger partial charge in [-0.3, -0.25) is 16.2 Å². The van der Waals surface area contributed by atoms with Crippen LogP contribution in [0.3, 0.4) is 0 Å². The zero-order valence-electron chi connectivity index (χ0n) is 11.8. The molecule has 3 N–H and O–H groups in total. The highest BCUT2D eigenvalue weighted by molar-refractivity contribution is 5.16. The summed E-state index contributed by atoms with van der Waals surface area (Å²) in [6, 6.07) is 0.0172. The summed E-state index contributed by atoms with van der Waals surface area (Å²) < 4.78 is 0. The molecule has 0 radical (unpaired) electrons. The van der Waals surface area contributed by atoms with Crippen LogP contribution in [0.25, 0.3) is 0 Å². The molecule has 0 spiro atoms. The van der Waals surface area contributed by atoms with Crippen molar-refractivity contribution in [3.8, 4) is 0 Å². The number of hydrogen-bond acceptors (Lipinski definition) is 5. The molecular formula is C13H25N5. The maximum absolute atomic E-state index is 5.78. The Bertz CT molecular complexity index is 338. The fraction of sp³-hybridized carbons (Fsp3) is 0.692. The van der Waals surface area contributed by atoms with Gasteiger partial charge in [0.25, 0.3) is 0 Å². The van der Waals surface area contributed by atoms with Gasteiger partial charge in [0.15, 0.2) is 0 Å². The zero-order valence-corrected chi connectivity index (χ0v) is 11.8. The molecule has 1 aromatic rings. The second-order valence-electron chi connectivity index (χ2n) is 4.65. The average Bonchev–Trinajstić information content (AvgIpc) is 2.42. The van der Waals surface area contributed by atoms with Crippen molar-refractivity contribution in [1.29, 1.82) is 0 Å². The third kappa shape index (κ3) is 2.85. The van der Waals surface area contributed by atoms with E-state index in [1.54, 1.807) is 0 Å². The van der Waals surface area contributed by atoms with Crippen molar-refractivity contribution in [2.45, 2.75) is 45.7 Å². The predicted molar refractivity (Wildman–Crippen MR) is 73.7 cm³/mol. The van der Waals surface area contributed by atoms with Crippen molar-refractivity contribution >= 4 is 0 Å². The van der Waals surface area contributed by atoms with E-state index in [0.717, 1.165) is 25.1 Å². The van der Waals surface area contributed by atoms with E-state index in [1.165, 1.54) is 6.33 Å². The Kier molecular flexibility index (Phi) is 5.65. The minimum absolute atomic E-state index is 0.0172. The minimum Gasteiger partial charge on any atom is -0.297 e. The molecule has 1 rings (SSSR count). The highest BCUT2D eigenvalue weighted by atomic mass is 15.3. The highest BCUT2D eigenvalue weighted by Gasteiger charge is 2.37. The third-order valence-electron chi connectivity index (χ3n) is 3.90. The Morgan fingerprint density at radius 3 is 2.22 bits per heavy atom. The molecular weight excluding hydrogens is 226 g/mol. The van der Waals surface area contributed by atoms with Crippen LogP contribution in [0.5, 0.6) is 0 Å². The Hall–Kier alpha value is -1.04. The molecule has 0 saturated carbocycles. The van der Waals surface area contributed by atoms with Crippen LogP contribution >= 0.6 is 0 Å². The first kappa shape index (κ1) is 15.0. The topological polar surface area (TPSA) is 67.1 Å². The first-order valence-electron chi connectivity index (χ1n) is 6.60. The standard InChI is InChI=1S/C13H25N5/c1-5-13(4,18(6-2)7-3)12(17-14)11-8-15-10-16-9-11/h8-10,12,17H,5-7,14H2,1-4H3. The number of rotatable bonds is 7. The second-order valence-corrected chi connectivity index (χ2v) is 4.65. The third-order valence-corrected chi connectivity index (χ3v) is 3.90. The monoisotopic (exact) mass is 251 g/mol. The van der Waals surface area contributed by atoms with Crippen molar-refractivity contribution in [2.75, 3.05) is 13.1 Å². The molecule has 2 unspecified atom stereocenters. The molecule has 0 aliphatic rings. The quantitative estimate of drug-likeness (QED) is 0.568. The summed E-state index contributed by atoms with van der Waals surface area (Å²) >= 11 is 0. The summed E-state index contributed by atoms with van der Waals surface area (Å²) in [7, 11) is 0. The first-order chi connectivity index (χ1) is 8.63. The van der Waals surface area contributed by atoms with Crippen molar-refractivity contribution in [2.24, 2.45) is 5.84 Å². The van der Waals surface area contributed by atoms with E-state index in [2.05, 4.69) is 48.0 Å². The molecule has 0 amide bonds. The van der Waals surface area contributed by atoms with Gasteiger partial charge in [-0.15, -0.1) is 0 Å². The predicted octanol–water partition coefficient (Wildman–Crippen LogP) is 1.49. The smallest absolute Gasteiger partial charge is 0.115 e. The largest absolute Gasteiger partial charge is 0.297 e. The van der Waals surface area contributed by atoms with Gasteiger partial charge in [0.1, 0.15) is 6.33 Å². The molecule has 0 aromatic carbocycles. The van der Waals surface area contributed by atoms with Gasteiger partial charge in [-0.2, -0.15) is 0 Å². The van der Waals surface area contributed by atoms with Crippen molar-refractivity contribution in [3.05, 3.63) is 24.3 Å². The Morgan fingerprint density at radius 2 is 1.83 bits per heavy atom. The van der Waals surface area contributed by atoms with Crippen LogP contribution in [0.1, 0.15) is 45.7 Å². The molecule has 0 saturated heterocycles. The van der Waals surface area contributed by atoms with E-state index in [1.807, 2.05) is 12.4 Å². The van der Waals surface area contributed by atoms with Crippen molar-refractivity contribution < 1.29 is 0 Å². The molecule has 0 aliphatic carbocycles. The highest BCUT2D eigenvalue weighted by Crippen LogP contribution is 2.32. The summed E-state index contributed by atoms with van der Waals surface area (Å²) in [5.41, 5.74) is 3.91. The molecule has 0 aliphatic heterocycles. The van der Waals surface area contributed by atoms with Crippen LogP contribution in [-0.2, 0) is 0 Å². The van der Waals surface area contributed by atoms with E-state index < -0.39 is 0 Å². The number of aromatic nitrogens is 2. The number of hydrogen-bond donors (Lipinski definition) is 2.